The van der Waals surface area contributed by atoms with Crippen molar-refractivity contribution in [2.75, 3.05) is 11.9 Å². The largest absolute Gasteiger partial charge is 0.384 e. The quantitative estimate of drug-likeness (QED) is 0.306. The summed E-state index contributed by atoms with van der Waals surface area (Å²) in [5.74, 6) is -0.0820. The van der Waals surface area contributed by atoms with Gasteiger partial charge in [0.05, 0.1) is 0 Å². The van der Waals surface area contributed by atoms with Crippen molar-refractivity contribution in [3.63, 3.8) is 0 Å². The number of nitrogen functional groups attached to an aromatic ring is 1. The molecule has 0 heterocycles. The normalized spacial score (nSPS) is 14.6. The van der Waals surface area contributed by atoms with Crippen molar-refractivity contribution in [1.82, 2.24) is 4.90 Å². The zero-order valence-electron chi connectivity index (χ0n) is 19.8. The zero-order valence-corrected chi connectivity index (χ0v) is 19.8. The maximum atomic E-state index is 13.8. The van der Waals surface area contributed by atoms with Crippen LogP contribution in [0.25, 0.3) is 0 Å². The van der Waals surface area contributed by atoms with Gasteiger partial charge in [0.1, 0.15) is 11.9 Å². The van der Waals surface area contributed by atoms with Crippen molar-refractivity contribution >= 4 is 23.3 Å². The number of hydrogen-bond acceptors (Lipinski definition) is 3. The summed E-state index contributed by atoms with van der Waals surface area (Å²) in [5, 5.41) is 10.6. The van der Waals surface area contributed by atoms with E-state index in [2.05, 4.69) is 5.32 Å². The van der Waals surface area contributed by atoms with E-state index >= 15 is 0 Å². The Labute approximate surface area is 206 Å². The second-order valence-electron chi connectivity index (χ2n) is 9.12. The molecular weight excluding hydrogens is 436 g/mol. The Morgan fingerprint density at radius 3 is 2.06 bits per heavy atom. The number of carbonyl (C=O) groups is 2. The molecule has 1 saturated carbocycles. The summed E-state index contributed by atoms with van der Waals surface area (Å²) in [6.07, 6.45) is 5.66. The van der Waals surface area contributed by atoms with Crippen LogP contribution in [0.5, 0.6) is 0 Å². The van der Waals surface area contributed by atoms with Crippen LogP contribution in [0, 0.1) is 11.3 Å². The van der Waals surface area contributed by atoms with Crippen molar-refractivity contribution in [3.05, 3.63) is 102 Å². The van der Waals surface area contributed by atoms with Crippen LogP contribution >= 0.6 is 0 Å². The lowest BCUT2D eigenvalue weighted by molar-refractivity contribution is -0.121. The van der Waals surface area contributed by atoms with Crippen LogP contribution in [0.3, 0.4) is 0 Å². The number of hydrogen-bond donors (Lipinski definition) is 3. The summed E-state index contributed by atoms with van der Waals surface area (Å²) in [4.78, 5) is 29.3. The van der Waals surface area contributed by atoms with Gasteiger partial charge in [0.2, 0.25) is 0 Å². The van der Waals surface area contributed by atoms with Crippen LogP contribution in [0.4, 0.5) is 5.69 Å². The van der Waals surface area contributed by atoms with Crippen LogP contribution in [0.2, 0.25) is 0 Å². The standard InChI is InChI=1S/C29H32N4O2/c30-27(31)23-16-18-25(19-17-23)32-28(34)26(22-12-6-2-7-13-22)33(20-21-10-4-1-5-11-21)29(35)24-14-8-3-9-15-24/h2-3,6-9,12-19,21,26H,1,4-5,10-11,20H2,(H3,30,31)(H,32,34). The van der Waals surface area contributed by atoms with Gasteiger partial charge in [-0.15, -0.1) is 0 Å². The summed E-state index contributed by atoms with van der Waals surface area (Å²) in [7, 11) is 0. The van der Waals surface area contributed by atoms with Gasteiger partial charge < -0.3 is 16.0 Å². The van der Waals surface area contributed by atoms with Crippen LogP contribution in [0.15, 0.2) is 84.9 Å². The van der Waals surface area contributed by atoms with Crippen molar-refractivity contribution in [3.8, 4) is 0 Å². The first-order valence-electron chi connectivity index (χ1n) is 12.2. The van der Waals surface area contributed by atoms with Gasteiger partial charge in [0.15, 0.2) is 0 Å². The highest BCUT2D eigenvalue weighted by Crippen LogP contribution is 2.31. The Kier molecular flexibility index (Phi) is 7.93. The molecule has 4 N–H and O–H groups in total. The molecule has 6 nitrogen and oxygen atoms in total. The molecule has 0 spiro atoms. The van der Waals surface area contributed by atoms with Gasteiger partial charge in [-0.1, -0.05) is 67.8 Å². The van der Waals surface area contributed by atoms with Crippen molar-refractivity contribution < 1.29 is 9.59 Å². The topological polar surface area (TPSA) is 99.3 Å². The number of amidine groups is 1. The van der Waals surface area contributed by atoms with Crippen LogP contribution in [-0.4, -0.2) is 29.1 Å². The lowest BCUT2D eigenvalue weighted by atomic mass is 9.88. The highest BCUT2D eigenvalue weighted by molar-refractivity contribution is 6.02. The van der Waals surface area contributed by atoms with Gasteiger partial charge >= 0.3 is 0 Å². The first kappa shape index (κ1) is 24.2. The summed E-state index contributed by atoms with van der Waals surface area (Å²) in [5.41, 5.74) is 8.07. The monoisotopic (exact) mass is 468 g/mol. The van der Waals surface area contributed by atoms with Crippen molar-refractivity contribution in [2.45, 2.75) is 38.1 Å². The van der Waals surface area contributed by atoms with E-state index in [9.17, 15) is 9.59 Å². The molecule has 3 aromatic rings. The van der Waals surface area contributed by atoms with Crippen LogP contribution in [0.1, 0.15) is 59.6 Å². The average Bonchev–Trinajstić information content (AvgIpc) is 2.90. The average molecular weight is 469 g/mol. The lowest BCUT2D eigenvalue weighted by Crippen LogP contribution is -2.44. The molecule has 180 valence electrons. The molecule has 2 amide bonds. The molecule has 1 aliphatic carbocycles. The van der Waals surface area contributed by atoms with E-state index in [0.717, 1.165) is 31.2 Å². The Morgan fingerprint density at radius 1 is 0.857 bits per heavy atom. The van der Waals surface area contributed by atoms with E-state index in [1.54, 1.807) is 41.3 Å². The third-order valence-corrected chi connectivity index (χ3v) is 6.60. The molecule has 35 heavy (non-hydrogen) atoms. The summed E-state index contributed by atoms with van der Waals surface area (Å²) in [6, 6.07) is 24.7. The Bertz CT molecular complexity index is 1140. The molecule has 6 heteroatoms. The van der Waals surface area contributed by atoms with E-state index in [4.69, 9.17) is 11.1 Å². The number of nitrogens with zero attached hydrogens (tertiary/aromatic N) is 1. The third kappa shape index (κ3) is 6.15. The predicted octanol–water partition coefficient (Wildman–Crippen LogP) is 5.37. The van der Waals surface area contributed by atoms with Gasteiger partial charge in [0, 0.05) is 23.4 Å². The molecule has 0 aromatic heterocycles. The smallest absolute Gasteiger partial charge is 0.254 e. The lowest BCUT2D eigenvalue weighted by Gasteiger charge is -2.35. The highest BCUT2D eigenvalue weighted by Gasteiger charge is 2.34. The fraction of sp³-hybridized carbons (Fsp3) is 0.276. The van der Waals surface area contributed by atoms with Crippen LogP contribution in [-0.2, 0) is 4.79 Å². The zero-order chi connectivity index (χ0) is 24.6. The minimum atomic E-state index is -0.779. The summed E-state index contributed by atoms with van der Waals surface area (Å²) >= 11 is 0. The molecule has 0 aliphatic heterocycles. The first-order chi connectivity index (χ1) is 17.0. The van der Waals surface area contributed by atoms with E-state index in [1.807, 2.05) is 48.5 Å². The fourth-order valence-corrected chi connectivity index (χ4v) is 4.75. The predicted molar refractivity (Wildman–Crippen MR) is 139 cm³/mol. The molecule has 1 aliphatic rings. The molecule has 1 atom stereocenters. The second-order valence-corrected chi connectivity index (χ2v) is 9.12. The summed E-state index contributed by atoms with van der Waals surface area (Å²) < 4.78 is 0. The second kappa shape index (κ2) is 11.5. The minimum Gasteiger partial charge on any atom is -0.384 e. The maximum Gasteiger partial charge on any atom is 0.254 e. The summed E-state index contributed by atoms with van der Waals surface area (Å²) in [6.45, 7) is 0.532. The molecule has 0 saturated heterocycles. The number of benzene rings is 3. The molecule has 1 fully saturated rings. The highest BCUT2D eigenvalue weighted by atomic mass is 16.2. The molecule has 4 rings (SSSR count). The van der Waals surface area contributed by atoms with Gasteiger partial charge in [-0.3, -0.25) is 15.0 Å². The third-order valence-electron chi connectivity index (χ3n) is 6.60. The van der Waals surface area contributed by atoms with Gasteiger partial charge in [-0.2, -0.15) is 0 Å². The van der Waals surface area contributed by atoms with Crippen LogP contribution < -0.4 is 11.1 Å². The van der Waals surface area contributed by atoms with Crippen molar-refractivity contribution in [1.29, 1.82) is 5.41 Å². The van der Waals surface area contributed by atoms with Gasteiger partial charge in [0.25, 0.3) is 11.8 Å². The van der Waals surface area contributed by atoms with Gasteiger partial charge in [-0.25, -0.2) is 0 Å². The molecule has 1 unspecified atom stereocenters. The SMILES string of the molecule is N=C(N)c1ccc(NC(=O)C(c2ccccc2)N(CC2CCCCC2)C(=O)c2ccccc2)cc1. The molecular formula is C29H32N4O2. The first-order valence-corrected chi connectivity index (χ1v) is 12.2. The molecule has 0 radical (unpaired) electrons. The van der Waals surface area contributed by atoms with Gasteiger partial charge in [-0.05, 0) is 60.7 Å². The number of amides is 2. The Morgan fingerprint density at radius 2 is 1.46 bits per heavy atom. The van der Waals surface area contributed by atoms with E-state index in [1.165, 1.54) is 6.42 Å². The Hall–Kier alpha value is -3.93. The number of anilines is 1. The number of nitrogens with two attached hydrogens (primary N) is 1. The fourth-order valence-electron chi connectivity index (χ4n) is 4.75. The van der Waals surface area contributed by atoms with E-state index < -0.39 is 6.04 Å². The molecule has 0 bridgehead atoms. The Balaban J connectivity index is 1.69. The minimum absolute atomic E-state index is 0.0304. The maximum absolute atomic E-state index is 13.8. The number of carbonyl (C=O) groups excluding carboxylic acids is 2. The van der Waals surface area contributed by atoms with Crippen molar-refractivity contribution in [2.24, 2.45) is 11.7 Å². The number of nitrogens with one attached hydrogen (secondary N) is 2. The van der Waals surface area contributed by atoms with E-state index in [0.29, 0.717) is 29.3 Å². The number of rotatable bonds is 8. The molecule has 3 aromatic carbocycles. The van der Waals surface area contributed by atoms with E-state index in [-0.39, 0.29) is 17.6 Å².